The van der Waals surface area contributed by atoms with Crippen molar-refractivity contribution in [2.24, 2.45) is 39.2 Å². The van der Waals surface area contributed by atoms with Gasteiger partial charge in [-0.15, -0.1) is 0 Å². The van der Waals surface area contributed by atoms with Crippen molar-refractivity contribution in [1.29, 1.82) is 0 Å². The molecule has 158 valence electrons. The van der Waals surface area contributed by atoms with Gasteiger partial charge in [-0.2, -0.15) is 0 Å². The average Bonchev–Trinajstić information content (AvgIpc) is 2.37. The second kappa shape index (κ2) is 5.56. The predicted octanol–water partition coefficient (Wildman–Crippen LogP) is 5.18. The quantitative estimate of drug-likeness (QED) is 0.643. The Kier molecular flexibility index (Phi) is 3.85. The van der Waals surface area contributed by atoms with Gasteiger partial charge >= 0.3 is 0 Å². The molecule has 8 rings (SSSR count). The monoisotopic (exact) mass is 386 g/mol. The first-order valence-electron chi connectivity index (χ1n) is 11.9. The molecule has 0 aromatic heterocycles. The predicted molar refractivity (Wildman–Crippen MR) is 114 cm³/mol. The Hall–Kier alpha value is -0.570. The summed E-state index contributed by atoms with van der Waals surface area (Å²) in [6.07, 6.45) is 17.0. The summed E-state index contributed by atoms with van der Waals surface area (Å²) in [5.41, 5.74) is 9.08. The van der Waals surface area contributed by atoms with Crippen LogP contribution >= 0.6 is 0 Å². The molecule has 3 nitrogen and oxygen atoms in total. The largest absolute Gasteiger partial charge is 0.353 e. The van der Waals surface area contributed by atoms with E-state index in [2.05, 4.69) is 33.0 Å². The van der Waals surface area contributed by atoms with Gasteiger partial charge in [-0.25, -0.2) is 0 Å². The molecule has 0 spiro atoms. The number of hydrogen-bond acceptors (Lipinski definition) is 2. The fourth-order valence-corrected chi connectivity index (χ4v) is 11.3. The van der Waals surface area contributed by atoms with E-state index in [1.807, 2.05) is 0 Å². The first kappa shape index (κ1) is 19.4. The fourth-order valence-electron chi connectivity index (χ4n) is 11.3. The molecule has 8 saturated carbocycles. The van der Waals surface area contributed by atoms with E-state index in [-0.39, 0.29) is 11.1 Å². The number of carbonyl (C=O) groups is 1. The molecule has 8 fully saturated rings. The van der Waals surface area contributed by atoms with Crippen LogP contribution in [0.4, 0.5) is 0 Å². The van der Waals surface area contributed by atoms with E-state index in [9.17, 15) is 4.79 Å². The molecule has 8 aliphatic rings. The maximum atomic E-state index is 10.8. The van der Waals surface area contributed by atoms with Crippen molar-refractivity contribution < 1.29 is 4.79 Å². The number of hydrogen-bond donors (Lipinski definition) is 2. The van der Waals surface area contributed by atoms with Gasteiger partial charge in [-0.3, -0.25) is 4.79 Å². The molecule has 0 aromatic rings. The molecule has 8 aliphatic carbocycles. The minimum Gasteiger partial charge on any atom is -0.353 e. The van der Waals surface area contributed by atoms with Crippen molar-refractivity contribution in [1.82, 2.24) is 5.32 Å². The van der Waals surface area contributed by atoms with Gasteiger partial charge in [0.2, 0.25) is 6.41 Å². The van der Waals surface area contributed by atoms with Crippen LogP contribution in [-0.2, 0) is 4.79 Å². The molecule has 1 amide bonds. The van der Waals surface area contributed by atoms with Crippen LogP contribution in [0.25, 0.3) is 0 Å². The van der Waals surface area contributed by atoms with Gasteiger partial charge in [-0.05, 0) is 111 Å². The van der Waals surface area contributed by atoms with Gasteiger partial charge in [0.25, 0.3) is 0 Å². The molecule has 0 heterocycles. The summed E-state index contributed by atoms with van der Waals surface area (Å²) in [6.45, 7) is 9.79. The van der Waals surface area contributed by atoms with E-state index < -0.39 is 0 Å². The number of nitrogens with one attached hydrogen (secondary N) is 1. The molecule has 0 radical (unpaired) electrons. The van der Waals surface area contributed by atoms with E-state index in [1.54, 1.807) is 0 Å². The van der Waals surface area contributed by atoms with Crippen LogP contribution in [0.1, 0.15) is 105 Å². The summed E-state index contributed by atoms with van der Waals surface area (Å²) in [6, 6.07) is 0. The van der Waals surface area contributed by atoms with Crippen LogP contribution in [0, 0.1) is 33.5 Å². The molecule has 8 bridgehead atoms. The smallest absolute Gasteiger partial charge is 0.207 e. The highest BCUT2D eigenvalue weighted by molar-refractivity contribution is 5.48. The second-order valence-electron chi connectivity index (χ2n) is 14.2. The van der Waals surface area contributed by atoms with Crippen LogP contribution in [-0.4, -0.2) is 17.5 Å². The minimum absolute atomic E-state index is 0.157. The molecule has 4 atom stereocenters. The van der Waals surface area contributed by atoms with Gasteiger partial charge < -0.3 is 11.1 Å². The highest BCUT2D eigenvalue weighted by Gasteiger charge is 2.60. The number of carbonyl (C=O) groups excluding carboxylic acids is 1. The van der Waals surface area contributed by atoms with Crippen molar-refractivity contribution in [3.63, 3.8) is 0 Å². The molecule has 0 aromatic carbocycles. The first-order valence-corrected chi connectivity index (χ1v) is 11.9. The SMILES string of the molecule is CC12CC3CC(C)(C1)CC(N)(C3)C2.CC12CC3CC(C)(C1)CC(NC=O)(C3)C2. The molecule has 0 saturated heterocycles. The van der Waals surface area contributed by atoms with Crippen LogP contribution in [0.15, 0.2) is 0 Å². The molecular weight excluding hydrogens is 344 g/mol. The van der Waals surface area contributed by atoms with Crippen molar-refractivity contribution >= 4 is 6.41 Å². The van der Waals surface area contributed by atoms with E-state index in [0.29, 0.717) is 21.7 Å². The lowest BCUT2D eigenvalue weighted by Gasteiger charge is -2.65. The summed E-state index contributed by atoms with van der Waals surface area (Å²) in [4.78, 5) is 10.8. The Morgan fingerprint density at radius 2 is 1.11 bits per heavy atom. The summed E-state index contributed by atoms with van der Waals surface area (Å²) in [5.74, 6) is 1.82. The van der Waals surface area contributed by atoms with E-state index in [1.165, 1.54) is 77.0 Å². The Morgan fingerprint density at radius 1 is 0.679 bits per heavy atom. The zero-order chi connectivity index (χ0) is 20.1. The Balaban J connectivity index is 0.000000123. The normalized spacial score (nSPS) is 60.3. The maximum absolute atomic E-state index is 10.8. The Bertz CT molecular complexity index is 617. The van der Waals surface area contributed by atoms with E-state index in [4.69, 9.17) is 5.73 Å². The lowest BCUT2D eigenvalue weighted by Crippen LogP contribution is -2.63. The molecular formula is C25H42N2O. The third-order valence-corrected chi connectivity index (χ3v) is 9.66. The van der Waals surface area contributed by atoms with Crippen LogP contribution in [0.5, 0.6) is 0 Å². The van der Waals surface area contributed by atoms with Gasteiger partial charge in [0, 0.05) is 11.1 Å². The third-order valence-electron chi connectivity index (χ3n) is 9.66. The van der Waals surface area contributed by atoms with Crippen molar-refractivity contribution in [2.45, 2.75) is 116 Å². The van der Waals surface area contributed by atoms with Gasteiger partial charge in [0.15, 0.2) is 0 Å². The highest BCUT2D eigenvalue weighted by atomic mass is 16.1. The summed E-state index contributed by atoms with van der Waals surface area (Å²) in [7, 11) is 0. The second-order valence-corrected chi connectivity index (χ2v) is 14.2. The molecule has 3 N–H and O–H groups in total. The molecule has 28 heavy (non-hydrogen) atoms. The number of nitrogens with two attached hydrogens (primary N) is 1. The number of amides is 1. The van der Waals surface area contributed by atoms with Gasteiger partial charge in [-0.1, -0.05) is 27.7 Å². The average molecular weight is 387 g/mol. The van der Waals surface area contributed by atoms with Crippen LogP contribution < -0.4 is 11.1 Å². The highest BCUT2D eigenvalue weighted by Crippen LogP contribution is 2.67. The zero-order valence-electron chi connectivity index (χ0n) is 18.7. The Morgan fingerprint density at radius 3 is 1.46 bits per heavy atom. The summed E-state index contributed by atoms with van der Waals surface area (Å²) in [5, 5.41) is 3.16. The van der Waals surface area contributed by atoms with E-state index >= 15 is 0 Å². The van der Waals surface area contributed by atoms with E-state index in [0.717, 1.165) is 18.2 Å². The zero-order valence-corrected chi connectivity index (χ0v) is 18.7. The summed E-state index contributed by atoms with van der Waals surface area (Å²) < 4.78 is 0. The maximum Gasteiger partial charge on any atom is 0.207 e. The van der Waals surface area contributed by atoms with Crippen molar-refractivity contribution in [3.05, 3.63) is 0 Å². The lowest BCUT2D eigenvalue weighted by atomic mass is 9.43. The third kappa shape index (κ3) is 3.15. The Labute approximate surface area is 172 Å². The van der Waals surface area contributed by atoms with Crippen LogP contribution in [0.2, 0.25) is 0 Å². The summed E-state index contributed by atoms with van der Waals surface area (Å²) >= 11 is 0. The number of rotatable bonds is 2. The topological polar surface area (TPSA) is 55.1 Å². The van der Waals surface area contributed by atoms with Crippen molar-refractivity contribution in [2.75, 3.05) is 0 Å². The minimum atomic E-state index is 0.157. The van der Waals surface area contributed by atoms with Crippen molar-refractivity contribution in [3.8, 4) is 0 Å². The molecule has 0 aliphatic heterocycles. The first-order chi connectivity index (χ1) is 12.9. The fraction of sp³-hybridized carbons (Fsp3) is 0.960. The van der Waals surface area contributed by atoms with Gasteiger partial charge in [0.05, 0.1) is 0 Å². The van der Waals surface area contributed by atoms with Gasteiger partial charge in [0.1, 0.15) is 0 Å². The van der Waals surface area contributed by atoms with Crippen LogP contribution in [0.3, 0.4) is 0 Å². The molecule has 4 unspecified atom stereocenters. The molecule has 3 heteroatoms. The standard InChI is InChI=1S/C13H21NO.C12H21N/c1-11-3-10-4-12(2,6-11)8-13(5-10,7-11)14-9-15;1-10-3-9-4-11(2,6-10)8-12(13,5-9)7-10/h9-10H,3-8H2,1-2H3,(H,14,15);9H,3-8,13H2,1-2H3. The lowest BCUT2D eigenvalue weighted by molar-refractivity contribution is -0.131.